The van der Waals surface area contributed by atoms with Gasteiger partial charge in [-0.25, -0.2) is 4.98 Å². The molecule has 106 valence electrons. The zero-order chi connectivity index (χ0) is 13.5. The average Bonchev–Trinajstić information content (AvgIpc) is 3.23. The summed E-state index contributed by atoms with van der Waals surface area (Å²) in [6.07, 6.45) is 14.7. The molecule has 2 saturated carbocycles. The highest BCUT2D eigenvalue weighted by atomic mass is 16.1. The van der Waals surface area contributed by atoms with Crippen molar-refractivity contribution < 1.29 is 0 Å². The van der Waals surface area contributed by atoms with Crippen molar-refractivity contribution >= 4 is 5.52 Å². The summed E-state index contributed by atoms with van der Waals surface area (Å²) in [7, 11) is 0. The van der Waals surface area contributed by atoms with Gasteiger partial charge in [-0.3, -0.25) is 9.20 Å². The Morgan fingerprint density at radius 3 is 2.65 bits per heavy atom. The molecule has 0 spiro atoms. The average molecular weight is 271 g/mol. The van der Waals surface area contributed by atoms with Crippen molar-refractivity contribution in [2.24, 2.45) is 5.92 Å². The molecular formula is C16H21N3O. The number of hydrogen-bond donors (Lipinski definition) is 0. The van der Waals surface area contributed by atoms with E-state index in [1.807, 2.05) is 21.4 Å². The molecule has 2 fully saturated rings. The lowest BCUT2D eigenvalue weighted by Crippen LogP contribution is -2.25. The molecular weight excluding hydrogens is 250 g/mol. The van der Waals surface area contributed by atoms with Crippen molar-refractivity contribution in [1.82, 2.24) is 14.0 Å². The van der Waals surface area contributed by atoms with E-state index in [2.05, 4.69) is 4.98 Å². The van der Waals surface area contributed by atoms with Gasteiger partial charge in [0.2, 0.25) is 0 Å². The number of imidazole rings is 1. The molecule has 4 nitrogen and oxygen atoms in total. The highest BCUT2D eigenvalue weighted by Crippen LogP contribution is 2.39. The molecule has 2 heterocycles. The molecule has 4 heteroatoms. The summed E-state index contributed by atoms with van der Waals surface area (Å²) >= 11 is 0. The Morgan fingerprint density at radius 1 is 1.10 bits per heavy atom. The lowest BCUT2D eigenvalue weighted by atomic mass is 9.89. The van der Waals surface area contributed by atoms with Crippen LogP contribution in [0, 0.1) is 5.92 Å². The van der Waals surface area contributed by atoms with E-state index in [-0.39, 0.29) is 5.56 Å². The van der Waals surface area contributed by atoms with Gasteiger partial charge >= 0.3 is 0 Å². The molecule has 0 aromatic carbocycles. The molecule has 0 bridgehead atoms. The van der Waals surface area contributed by atoms with Crippen LogP contribution in [-0.4, -0.2) is 14.0 Å². The van der Waals surface area contributed by atoms with Gasteiger partial charge in [-0.15, -0.1) is 0 Å². The fraction of sp³-hybridized carbons (Fsp3) is 0.625. The Balaban J connectivity index is 1.66. The number of nitrogens with zero attached hydrogens (tertiary/aromatic N) is 3. The first-order valence-electron chi connectivity index (χ1n) is 7.89. The van der Waals surface area contributed by atoms with Crippen molar-refractivity contribution in [2.75, 3.05) is 0 Å². The maximum Gasteiger partial charge on any atom is 0.276 e. The summed E-state index contributed by atoms with van der Waals surface area (Å²) < 4.78 is 3.89. The molecule has 20 heavy (non-hydrogen) atoms. The zero-order valence-electron chi connectivity index (χ0n) is 11.8. The van der Waals surface area contributed by atoms with Crippen LogP contribution in [0.1, 0.15) is 56.7 Å². The van der Waals surface area contributed by atoms with Crippen molar-refractivity contribution in [2.45, 2.75) is 57.4 Å². The summed E-state index contributed by atoms with van der Waals surface area (Å²) in [6.45, 7) is 0.874. The van der Waals surface area contributed by atoms with E-state index in [1.54, 1.807) is 6.20 Å². The topological polar surface area (TPSA) is 39.3 Å². The number of aromatic nitrogens is 3. The summed E-state index contributed by atoms with van der Waals surface area (Å²) in [6, 6.07) is 0. The fourth-order valence-electron chi connectivity index (χ4n) is 3.49. The first kappa shape index (κ1) is 12.2. The molecule has 0 atom stereocenters. The van der Waals surface area contributed by atoms with Gasteiger partial charge in [0, 0.05) is 24.9 Å². The van der Waals surface area contributed by atoms with Crippen LogP contribution in [0.25, 0.3) is 5.52 Å². The molecule has 0 radical (unpaired) electrons. The molecule has 0 N–H and O–H groups in total. The number of fused-ring (bicyclic) bond motifs is 1. The lowest BCUT2D eigenvalue weighted by Gasteiger charge is -2.22. The standard InChI is InChI=1S/C16H21N3O/c20-16-14-10-17-15(13-6-7-13)19(14)9-8-18(16)11-12-4-2-1-3-5-12/h8-10,12-13H,1-7,11H2. The second kappa shape index (κ2) is 4.76. The van der Waals surface area contributed by atoms with Crippen molar-refractivity contribution in [1.29, 1.82) is 0 Å². The normalized spacial score (nSPS) is 20.6. The molecule has 0 unspecified atom stereocenters. The van der Waals surface area contributed by atoms with Gasteiger partial charge in [0.1, 0.15) is 11.3 Å². The maximum atomic E-state index is 12.6. The molecule has 0 saturated heterocycles. The third-order valence-electron chi connectivity index (χ3n) is 4.82. The monoisotopic (exact) mass is 271 g/mol. The second-order valence-corrected chi connectivity index (χ2v) is 6.41. The quantitative estimate of drug-likeness (QED) is 0.861. The lowest BCUT2D eigenvalue weighted by molar-refractivity contribution is 0.316. The third-order valence-corrected chi connectivity index (χ3v) is 4.82. The Morgan fingerprint density at radius 2 is 1.90 bits per heavy atom. The smallest absolute Gasteiger partial charge is 0.276 e. The van der Waals surface area contributed by atoms with Crippen LogP contribution >= 0.6 is 0 Å². The maximum absolute atomic E-state index is 12.6. The van der Waals surface area contributed by atoms with Gasteiger partial charge in [-0.05, 0) is 31.6 Å². The Bertz CT molecular complexity index is 675. The van der Waals surface area contributed by atoms with Crippen molar-refractivity contribution in [3.8, 4) is 0 Å². The first-order chi connectivity index (χ1) is 9.83. The second-order valence-electron chi connectivity index (χ2n) is 6.41. The van der Waals surface area contributed by atoms with Gasteiger partial charge in [0.15, 0.2) is 0 Å². The van der Waals surface area contributed by atoms with E-state index < -0.39 is 0 Å². The third kappa shape index (κ3) is 2.07. The molecule has 2 aliphatic carbocycles. The Labute approximate surface area is 118 Å². The van der Waals surface area contributed by atoms with E-state index in [4.69, 9.17) is 0 Å². The van der Waals surface area contributed by atoms with Gasteiger partial charge in [0.05, 0.1) is 6.20 Å². The van der Waals surface area contributed by atoms with Crippen molar-refractivity contribution in [3.63, 3.8) is 0 Å². The van der Waals surface area contributed by atoms with Crippen LogP contribution in [0.15, 0.2) is 23.4 Å². The minimum atomic E-state index is 0.123. The highest BCUT2D eigenvalue weighted by Gasteiger charge is 2.28. The summed E-state index contributed by atoms with van der Waals surface area (Å²) in [5.74, 6) is 2.32. The molecule has 2 aromatic rings. The minimum absolute atomic E-state index is 0.123. The van der Waals surface area contributed by atoms with Crippen molar-refractivity contribution in [3.05, 3.63) is 34.8 Å². The van der Waals surface area contributed by atoms with Gasteiger partial charge in [-0.1, -0.05) is 19.3 Å². The van der Waals surface area contributed by atoms with Crippen LogP contribution in [-0.2, 0) is 6.54 Å². The van der Waals surface area contributed by atoms with Gasteiger partial charge in [-0.2, -0.15) is 0 Å². The molecule has 4 rings (SSSR count). The van der Waals surface area contributed by atoms with Crippen LogP contribution in [0.5, 0.6) is 0 Å². The van der Waals surface area contributed by atoms with E-state index in [9.17, 15) is 4.79 Å². The number of hydrogen-bond acceptors (Lipinski definition) is 2. The van der Waals surface area contributed by atoms with E-state index >= 15 is 0 Å². The predicted octanol–water partition coefficient (Wildman–Crippen LogP) is 2.95. The molecule has 2 aliphatic rings. The predicted molar refractivity (Wildman–Crippen MR) is 78.0 cm³/mol. The summed E-state index contributed by atoms with van der Waals surface area (Å²) in [4.78, 5) is 17.0. The molecule has 2 aromatic heterocycles. The van der Waals surface area contributed by atoms with Crippen LogP contribution in [0.3, 0.4) is 0 Å². The number of rotatable bonds is 3. The van der Waals surface area contributed by atoms with E-state index in [0.29, 0.717) is 11.8 Å². The minimum Gasteiger partial charge on any atom is -0.312 e. The van der Waals surface area contributed by atoms with E-state index in [0.717, 1.165) is 17.9 Å². The van der Waals surface area contributed by atoms with Gasteiger partial charge in [0.25, 0.3) is 5.56 Å². The fourth-order valence-corrected chi connectivity index (χ4v) is 3.49. The molecule has 0 amide bonds. The van der Waals surface area contributed by atoms with Crippen LogP contribution in [0.4, 0.5) is 0 Å². The summed E-state index contributed by atoms with van der Waals surface area (Å²) in [5.41, 5.74) is 0.864. The summed E-state index contributed by atoms with van der Waals surface area (Å²) in [5, 5.41) is 0. The van der Waals surface area contributed by atoms with E-state index in [1.165, 1.54) is 44.9 Å². The van der Waals surface area contributed by atoms with Crippen LogP contribution in [0.2, 0.25) is 0 Å². The van der Waals surface area contributed by atoms with Gasteiger partial charge < -0.3 is 4.57 Å². The Kier molecular flexibility index (Phi) is 2.90. The first-order valence-corrected chi connectivity index (χ1v) is 7.89. The highest BCUT2D eigenvalue weighted by molar-refractivity contribution is 5.44. The largest absolute Gasteiger partial charge is 0.312 e. The molecule has 0 aliphatic heterocycles. The SMILES string of the molecule is O=c1c2cnc(C3CC3)n2ccn1CC1CCCCC1. The zero-order valence-corrected chi connectivity index (χ0v) is 11.8. The Hall–Kier alpha value is -1.58. The van der Waals surface area contributed by atoms with Crippen LogP contribution < -0.4 is 5.56 Å².